The van der Waals surface area contributed by atoms with Crippen molar-refractivity contribution < 1.29 is 27.6 Å². The lowest BCUT2D eigenvalue weighted by Gasteiger charge is -2.30. The molecule has 1 unspecified atom stereocenters. The Labute approximate surface area is 196 Å². The van der Waals surface area contributed by atoms with Crippen LogP contribution in [-0.2, 0) is 24.1 Å². The summed E-state index contributed by atoms with van der Waals surface area (Å²) in [6, 6.07) is 1.85. The Hall–Kier alpha value is -2.85. The van der Waals surface area contributed by atoms with Gasteiger partial charge in [0.15, 0.2) is 5.78 Å². The van der Waals surface area contributed by atoms with E-state index in [0.717, 1.165) is 34.2 Å². The van der Waals surface area contributed by atoms with E-state index in [1.165, 1.54) is 11.3 Å². The van der Waals surface area contributed by atoms with Crippen LogP contribution in [0.25, 0.3) is 0 Å². The molecule has 1 aliphatic heterocycles. The van der Waals surface area contributed by atoms with Gasteiger partial charge in [-0.1, -0.05) is 23.8 Å². The lowest BCUT2D eigenvalue weighted by Crippen LogP contribution is -2.43. The number of anilines is 1. The zero-order valence-electron chi connectivity index (χ0n) is 17.2. The summed E-state index contributed by atoms with van der Waals surface area (Å²) >= 11 is 7.00. The molecule has 2 heterocycles. The van der Waals surface area contributed by atoms with Gasteiger partial charge >= 0.3 is 12.2 Å². The van der Waals surface area contributed by atoms with Gasteiger partial charge in [0, 0.05) is 28.9 Å². The second-order valence-electron chi connectivity index (χ2n) is 7.93. The highest BCUT2D eigenvalue weighted by Crippen LogP contribution is 2.37. The molecular weight excluding hydrogens is 479 g/mol. The Morgan fingerprint density at radius 1 is 1.30 bits per heavy atom. The molecule has 0 spiro atoms. The van der Waals surface area contributed by atoms with Gasteiger partial charge < -0.3 is 15.5 Å². The number of Topliss-reactive ketones (excluding diaryl/α,β-unsaturated/α-hetero) is 1. The standard InChI is InChI=1S/C22H19ClF3N3O3S/c1-11-2-5-17(18(30)6-11)29-9-13-14(20(29)31)10-33-19(13)8-27-21(32)28-12-3-4-15(16(23)7-12)22(24,25)26/h3-4,7,10,17H,1-2,5-6,8-9H2,(H2,27,28,32). The fraction of sp³-hybridized carbons (Fsp3) is 0.318. The molecule has 3 amide bonds. The third-order valence-electron chi connectivity index (χ3n) is 5.69. The van der Waals surface area contributed by atoms with Crippen LogP contribution in [0.1, 0.15) is 45.6 Å². The van der Waals surface area contributed by atoms with E-state index in [9.17, 15) is 27.6 Å². The van der Waals surface area contributed by atoms with Gasteiger partial charge in [-0.15, -0.1) is 11.3 Å². The summed E-state index contributed by atoms with van der Waals surface area (Å²) in [5, 5.41) is 6.28. The number of halogens is 4. The van der Waals surface area contributed by atoms with Crippen LogP contribution in [0.2, 0.25) is 5.02 Å². The second-order valence-corrected chi connectivity index (χ2v) is 9.30. The van der Waals surface area contributed by atoms with Gasteiger partial charge in [-0.05, 0) is 36.6 Å². The Kier molecular flexibility index (Phi) is 6.24. The number of nitrogens with one attached hydrogen (secondary N) is 2. The van der Waals surface area contributed by atoms with Crippen LogP contribution in [0.5, 0.6) is 0 Å². The monoisotopic (exact) mass is 497 g/mol. The Morgan fingerprint density at radius 2 is 2.06 bits per heavy atom. The van der Waals surface area contributed by atoms with Crippen LogP contribution >= 0.6 is 22.9 Å². The molecule has 174 valence electrons. The molecule has 4 rings (SSSR count). The third kappa shape index (κ3) is 4.77. The number of nitrogens with zero attached hydrogens (tertiary/aromatic N) is 1. The Morgan fingerprint density at radius 3 is 2.73 bits per heavy atom. The topological polar surface area (TPSA) is 78.5 Å². The lowest BCUT2D eigenvalue weighted by atomic mass is 9.89. The molecule has 0 saturated heterocycles. The SMILES string of the molecule is C=C1CCC(N2Cc3c(csc3CNC(=O)Nc3ccc(C(F)(F)F)c(Cl)c3)C2=O)C(=O)C1. The van der Waals surface area contributed by atoms with Crippen molar-refractivity contribution in [3.8, 4) is 0 Å². The summed E-state index contributed by atoms with van der Waals surface area (Å²) in [5.41, 5.74) is 1.31. The lowest BCUT2D eigenvalue weighted by molar-refractivity contribution is -0.137. The van der Waals surface area contributed by atoms with E-state index >= 15 is 0 Å². The predicted molar refractivity (Wildman–Crippen MR) is 118 cm³/mol. The third-order valence-corrected chi connectivity index (χ3v) is 7.03. The fourth-order valence-electron chi connectivity index (χ4n) is 4.01. The van der Waals surface area contributed by atoms with Crippen molar-refractivity contribution >= 4 is 46.3 Å². The molecule has 2 aliphatic rings. The molecule has 1 atom stereocenters. The number of urea groups is 1. The minimum absolute atomic E-state index is 0.0114. The zero-order chi connectivity index (χ0) is 23.9. The first-order valence-electron chi connectivity index (χ1n) is 10.1. The molecule has 0 bridgehead atoms. The number of hydrogen-bond acceptors (Lipinski definition) is 4. The maximum Gasteiger partial charge on any atom is 0.417 e. The number of amides is 3. The van der Waals surface area contributed by atoms with Crippen LogP contribution in [0.15, 0.2) is 35.7 Å². The average molecular weight is 498 g/mol. The molecule has 1 saturated carbocycles. The predicted octanol–water partition coefficient (Wildman–Crippen LogP) is 5.38. The molecular formula is C22H19ClF3N3O3S. The molecule has 11 heteroatoms. The molecule has 1 aromatic carbocycles. The Balaban J connectivity index is 1.38. The number of ketones is 1. The van der Waals surface area contributed by atoms with Crippen LogP contribution in [-0.4, -0.2) is 28.7 Å². The van der Waals surface area contributed by atoms with Crippen molar-refractivity contribution in [2.45, 2.75) is 44.6 Å². The summed E-state index contributed by atoms with van der Waals surface area (Å²) in [6.07, 6.45) is -3.04. The summed E-state index contributed by atoms with van der Waals surface area (Å²) in [4.78, 5) is 39.8. The highest BCUT2D eigenvalue weighted by atomic mass is 35.5. The van der Waals surface area contributed by atoms with E-state index < -0.39 is 28.8 Å². The van der Waals surface area contributed by atoms with E-state index in [0.29, 0.717) is 24.9 Å². The minimum Gasteiger partial charge on any atom is -0.333 e. The molecule has 0 radical (unpaired) electrons. The zero-order valence-corrected chi connectivity index (χ0v) is 18.8. The molecule has 1 aliphatic carbocycles. The number of hydrogen-bond donors (Lipinski definition) is 2. The van der Waals surface area contributed by atoms with Gasteiger partial charge in [0.2, 0.25) is 0 Å². The number of thiophene rings is 1. The normalized spacial score (nSPS) is 18.5. The summed E-state index contributed by atoms with van der Waals surface area (Å²) in [7, 11) is 0. The summed E-state index contributed by atoms with van der Waals surface area (Å²) in [6.45, 7) is 4.27. The number of carbonyl (C=O) groups excluding carboxylic acids is 3. The highest BCUT2D eigenvalue weighted by molar-refractivity contribution is 7.10. The van der Waals surface area contributed by atoms with Gasteiger partial charge in [0.05, 0.1) is 28.7 Å². The fourth-order valence-corrected chi connectivity index (χ4v) is 5.28. The van der Waals surface area contributed by atoms with E-state index in [-0.39, 0.29) is 30.3 Å². The van der Waals surface area contributed by atoms with Crippen molar-refractivity contribution in [1.29, 1.82) is 0 Å². The molecule has 1 aromatic heterocycles. The van der Waals surface area contributed by atoms with Gasteiger partial charge in [0.25, 0.3) is 5.91 Å². The highest BCUT2D eigenvalue weighted by Gasteiger charge is 2.39. The quantitative estimate of drug-likeness (QED) is 0.557. The van der Waals surface area contributed by atoms with Gasteiger partial charge in [0.1, 0.15) is 0 Å². The van der Waals surface area contributed by atoms with E-state index in [1.54, 1.807) is 10.3 Å². The summed E-state index contributed by atoms with van der Waals surface area (Å²) < 4.78 is 38.4. The molecule has 2 N–H and O–H groups in total. The number of carbonyl (C=O) groups is 3. The first-order valence-corrected chi connectivity index (χ1v) is 11.3. The number of benzene rings is 1. The second kappa shape index (κ2) is 8.83. The minimum atomic E-state index is -4.58. The van der Waals surface area contributed by atoms with Crippen molar-refractivity contribution in [3.05, 3.63) is 62.3 Å². The molecule has 2 aromatic rings. The van der Waals surface area contributed by atoms with E-state index in [2.05, 4.69) is 17.2 Å². The van der Waals surface area contributed by atoms with E-state index in [1.807, 2.05) is 0 Å². The average Bonchev–Trinajstić information content (AvgIpc) is 3.26. The van der Waals surface area contributed by atoms with Crippen molar-refractivity contribution in [2.24, 2.45) is 0 Å². The Bertz CT molecular complexity index is 1160. The van der Waals surface area contributed by atoms with Crippen LogP contribution in [0, 0.1) is 0 Å². The van der Waals surface area contributed by atoms with Crippen molar-refractivity contribution in [1.82, 2.24) is 10.2 Å². The van der Waals surface area contributed by atoms with Crippen LogP contribution in [0.3, 0.4) is 0 Å². The maximum atomic E-state index is 12.8. The maximum absolute atomic E-state index is 12.8. The smallest absolute Gasteiger partial charge is 0.333 e. The van der Waals surface area contributed by atoms with Gasteiger partial charge in [-0.25, -0.2) is 4.79 Å². The first-order chi connectivity index (χ1) is 15.5. The van der Waals surface area contributed by atoms with E-state index in [4.69, 9.17) is 11.6 Å². The molecule has 33 heavy (non-hydrogen) atoms. The first kappa shape index (κ1) is 23.3. The van der Waals surface area contributed by atoms with Crippen molar-refractivity contribution in [3.63, 3.8) is 0 Å². The van der Waals surface area contributed by atoms with Gasteiger partial charge in [-0.3, -0.25) is 9.59 Å². The molecule has 1 fully saturated rings. The van der Waals surface area contributed by atoms with Gasteiger partial charge in [-0.2, -0.15) is 13.2 Å². The van der Waals surface area contributed by atoms with Crippen LogP contribution in [0.4, 0.5) is 23.7 Å². The number of fused-ring (bicyclic) bond motifs is 1. The number of allylic oxidation sites excluding steroid dienone is 1. The van der Waals surface area contributed by atoms with Crippen LogP contribution < -0.4 is 10.6 Å². The number of rotatable bonds is 4. The largest absolute Gasteiger partial charge is 0.417 e. The van der Waals surface area contributed by atoms with Crippen molar-refractivity contribution in [2.75, 3.05) is 5.32 Å². The summed E-state index contributed by atoms with van der Waals surface area (Å²) in [5.74, 6) is -0.204. The molecule has 6 nitrogen and oxygen atoms in total. The number of alkyl halides is 3.